The molecule has 0 fully saturated rings. The molecule has 0 saturated carbocycles. The molecule has 4 nitrogen and oxygen atoms in total. The van der Waals surface area contributed by atoms with Crippen molar-refractivity contribution in [2.45, 2.75) is 25.9 Å². The zero-order valence-electron chi connectivity index (χ0n) is 16.9. The van der Waals surface area contributed by atoms with Crippen molar-refractivity contribution in [1.29, 1.82) is 0 Å². The van der Waals surface area contributed by atoms with Gasteiger partial charge in [-0.15, -0.1) is 0 Å². The van der Waals surface area contributed by atoms with Crippen molar-refractivity contribution in [3.8, 4) is 5.75 Å². The number of aromatic amines is 1. The fourth-order valence-electron chi connectivity index (χ4n) is 3.72. The molecule has 0 aliphatic rings. The Labute approximate surface area is 176 Å². The second-order valence-corrected chi connectivity index (χ2v) is 8.04. The van der Waals surface area contributed by atoms with Crippen LogP contribution in [0, 0.1) is 0 Å². The number of fused-ring (bicyclic) bond motifs is 2. The number of thioether (sulfide) groups is 1. The van der Waals surface area contributed by atoms with Crippen molar-refractivity contribution in [2.75, 3.05) is 18.6 Å². The quantitative estimate of drug-likeness (QED) is 0.375. The number of rotatable bonds is 9. The highest BCUT2D eigenvalue weighted by molar-refractivity contribution is 7.98. The van der Waals surface area contributed by atoms with Gasteiger partial charge in [0, 0.05) is 12.1 Å². The summed E-state index contributed by atoms with van der Waals surface area (Å²) < 4.78 is 5.94. The summed E-state index contributed by atoms with van der Waals surface area (Å²) in [7, 11) is 0. The highest BCUT2D eigenvalue weighted by atomic mass is 32.2. The molecule has 5 heteroatoms. The Morgan fingerprint density at radius 1 is 1.07 bits per heavy atom. The van der Waals surface area contributed by atoms with Crippen molar-refractivity contribution < 1.29 is 4.74 Å². The van der Waals surface area contributed by atoms with Crippen molar-refractivity contribution >= 4 is 33.6 Å². The number of H-pyrrole nitrogens is 1. The topological polar surface area (TPSA) is 49.9 Å². The number of benzene rings is 3. The maximum absolute atomic E-state index is 5.94. The number of hydrogen-bond donors (Lipinski definition) is 2. The Bertz CT molecular complexity index is 1060. The lowest BCUT2D eigenvalue weighted by Gasteiger charge is -2.19. The van der Waals surface area contributed by atoms with Crippen molar-refractivity contribution in [2.24, 2.45) is 0 Å². The van der Waals surface area contributed by atoms with Gasteiger partial charge in [-0.2, -0.15) is 11.8 Å². The molecule has 4 rings (SSSR count). The first-order valence-corrected chi connectivity index (χ1v) is 11.5. The summed E-state index contributed by atoms with van der Waals surface area (Å²) in [6.45, 7) is 3.42. The van der Waals surface area contributed by atoms with E-state index in [1.807, 2.05) is 30.8 Å². The van der Waals surface area contributed by atoms with Crippen LogP contribution in [0.15, 0.2) is 60.7 Å². The van der Waals surface area contributed by atoms with Crippen LogP contribution in [0.25, 0.3) is 21.8 Å². The highest BCUT2D eigenvalue weighted by Gasteiger charge is 2.17. The van der Waals surface area contributed by atoms with Crippen LogP contribution in [0.2, 0.25) is 0 Å². The van der Waals surface area contributed by atoms with Crippen LogP contribution in [0.4, 0.5) is 0 Å². The molecule has 1 atom stereocenters. The van der Waals surface area contributed by atoms with Crippen molar-refractivity contribution in [1.82, 2.24) is 15.3 Å². The van der Waals surface area contributed by atoms with E-state index in [9.17, 15) is 0 Å². The standard InChI is InChI=1S/C24H27N3OS/c1-3-28-23-13-12-17-8-4-5-9-18(17)19(23)16-25-22(14-15-29-2)24-26-20-10-6-7-11-21(20)27-24/h4-13,22,25H,3,14-16H2,1-2H3,(H,26,27)/t22-/m0/s1. The molecule has 0 radical (unpaired) electrons. The first kappa shape index (κ1) is 19.8. The lowest BCUT2D eigenvalue weighted by Crippen LogP contribution is -2.23. The Morgan fingerprint density at radius 2 is 1.90 bits per heavy atom. The average molecular weight is 406 g/mol. The monoisotopic (exact) mass is 405 g/mol. The molecule has 0 aliphatic heterocycles. The molecule has 0 saturated heterocycles. The van der Waals surface area contributed by atoms with Crippen LogP contribution in [-0.4, -0.2) is 28.6 Å². The first-order valence-electron chi connectivity index (χ1n) is 10.1. The van der Waals surface area contributed by atoms with Crippen LogP contribution in [0.5, 0.6) is 5.75 Å². The second-order valence-electron chi connectivity index (χ2n) is 7.05. The molecule has 0 aliphatic carbocycles. The van der Waals surface area contributed by atoms with E-state index in [-0.39, 0.29) is 6.04 Å². The third-order valence-electron chi connectivity index (χ3n) is 5.17. The van der Waals surface area contributed by atoms with Gasteiger partial charge in [0.25, 0.3) is 0 Å². The Kier molecular flexibility index (Phi) is 6.37. The molecule has 150 valence electrons. The van der Waals surface area contributed by atoms with Gasteiger partial charge >= 0.3 is 0 Å². The molecule has 1 aromatic heterocycles. The summed E-state index contributed by atoms with van der Waals surface area (Å²) >= 11 is 1.86. The summed E-state index contributed by atoms with van der Waals surface area (Å²) in [5.41, 5.74) is 3.30. The van der Waals surface area contributed by atoms with Gasteiger partial charge in [-0.05, 0) is 54.3 Å². The van der Waals surface area contributed by atoms with E-state index in [0.29, 0.717) is 6.61 Å². The Balaban J connectivity index is 1.64. The molecular weight excluding hydrogens is 378 g/mol. The number of aromatic nitrogens is 2. The van der Waals surface area contributed by atoms with E-state index in [0.717, 1.165) is 41.3 Å². The summed E-state index contributed by atoms with van der Waals surface area (Å²) in [4.78, 5) is 8.34. The predicted molar refractivity (Wildman–Crippen MR) is 124 cm³/mol. The lowest BCUT2D eigenvalue weighted by atomic mass is 10.0. The first-order chi connectivity index (χ1) is 14.3. The Hall–Kier alpha value is -2.50. The van der Waals surface area contributed by atoms with E-state index in [1.165, 1.54) is 16.3 Å². The van der Waals surface area contributed by atoms with Crippen LogP contribution in [0.1, 0.15) is 30.8 Å². The van der Waals surface area contributed by atoms with Gasteiger partial charge in [-0.3, -0.25) is 0 Å². The van der Waals surface area contributed by atoms with Crippen molar-refractivity contribution in [3.05, 3.63) is 72.1 Å². The number of para-hydroxylation sites is 2. The van der Waals surface area contributed by atoms with E-state index >= 15 is 0 Å². The summed E-state index contributed by atoms with van der Waals surface area (Å²) in [6.07, 6.45) is 3.16. The van der Waals surface area contributed by atoms with Gasteiger partial charge in [-0.1, -0.05) is 42.5 Å². The third-order valence-corrected chi connectivity index (χ3v) is 5.82. The minimum Gasteiger partial charge on any atom is -0.494 e. The van der Waals surface area contributed by atoms with Crippen LogP contribution < -0.4 is 10.1 Å². The van der Waals surface area contributed by atoms with Gasteiger partial charge in [0.1, 0.15) is 11.6 Å². The number of nitrogens with zero attached hydrogens (tertiary/aromatic N) is 1. The van der Waals surface area contributed by atoms with E-state index in [1.54, 1.807) is 0 Å². The fourth-order valence-corrected chi connectivity index (χ4v) is 4.19. The molecule has 0 bridgehead atoms. The van der Waals surface area contributed by atoms with Gasteiger partial charge < -0.3 is 15.0 Å². The SMILES string of the molecule is CCOc1ccc2ccccc2c1CN[C@@H](CCSC)c1nc2ccccc2[nH]1. The number of ether oxygens (including phenoxy) is 1. The smallest absolute Gasteiger partial charge is 0.124 e. The van der Waals surface area contributed by atoms with Gasteiger partial charge in [0.2, 0.25) is 0 Å². The maximum atomic E-state index is 5.94. The zero-order chi connectivity index (χ0) is 20.1. The zero-order valence-corrected chi connectivity index (χ0v) is 17.8. The molecule has 4 aromatic rings. The second kappa shape index (κ2) is 9.33. The summed E-state index contributed by atoms with van der Waals surface area (Å²) in [5, 5.41) is 6.22. The van der Waals surface area contributed by atoms with E-state index in [4.69, 9.17) is 9.72 Å². The highest BCUT2D eigenvalue weighted by Crippen LogP contribution is 2.29. The number of nitrogens with one attached hydrogen (secondary N) is 2. The van der Waals surface area contributed by atoms with Gasteiger partial charge in [-0.25, -0.2) is 4.98 Å². The largest absolute Gasteiger partial charge is 0.494 e. The summed E-state index contributed by atoms with van der Waals surface area (Å²) in [6, 6.07) is 21.1. The predicted octanol–water partition coefficient (Wildman–Crippen LogP) is 5.70. The molecule has 0 unspecified atom stereocenters. The minimum atomic E-state index is 0.156. The molecule has 0 spiro atoms. The lowest BCUT2D eigenvalue weighted by molar-refractivity contribution is 0.335. The normalized spacial score (nSPS) is 12.5. The number of hydrogen-bond acceptors (Lipinski definition) is 4. The van der Waals surface area contributed by atoms with E-state index in [2.05, 4.69) is 65.1 Å². The van der Waals surface area contributed by atoms with Crippen LogP contribution in [-0.2, 0) is 6.54 Å². The molecule has 1 heterocycles. The van der Waals surface area contributed by atoms with Crippen LogP contribution in [0.3, 0.4) is 0 Å². The van der Waals surface area contributed by atoms with Gasteiger partial charge in [0.15, 0.2) is 0 Å². The molecule has 3 aromatic carbocycles. The number of imidazole rings is 1. The maximum Gasteiger partial charge on any atom is 0.124 e. The van der Waals surface area contributed by atoms with Crippen molar-refractivity contribution in [3.63, 3.8) is 0 Å². The van der Waals surface area contributed by atoms with E-state index < -0.39 is 0 Å². The molecular formula is C24H27N3OS. The average Bonchev–Trinajstić information content (AvgIpc) is 3.19. The Morgan fingerprint density at radius 3 is 2.72 bits per heavy atom. The third kappa shape index (κ3) is 4.41. The minimum absolute atomic E-state index is 0.156. The fraction of sp³-hybridized carbons (Fsp3) is 0.292. The van der Waals surface area contributed by atoms with Gasteiger partial charge in [0.05, 0.1) is 23.7 Å². The molecule has 0 amide bonds. The van der Waals surface area contributed by atoms with Crippen LogP contribution >= 0.6 is 11.8 Å². The molecule has 2 N–H and O–H groups in total. The molecule has 29 heavy (non-hydrogen) atoms. The summed E-state index contributed by atoms with van der Waals surface area (Å²) in [5.74, 6) is 3.02.